The van der Waals surface area contributed by atoms with Crippen LogP contribution in [0.25, 0.3) is 10.9 Å². The summed E-state index contributed by atoms with van der Waals surface area (Å²) in [7, 11) is -0.942. The zero-order chi connectivity index (χ0) is 20.7. The molecule has 3 aromatic rings. The summed E-state index contributed by atoms with van der Waals surface area (Å²) in [5.41, 5.74) is 0.831. The Hall–Kier alpha value is -3.28. The van der Waals surface area contributed by atoms with Crippen molar-refractivity contribution in [3.05, 3.63) is 54.7 Å². The lowest BCUT2D eigenvalue weighted by atomic mass is 10.2. The van der Waals surface area contributed by atoms with Gasteiger partial charge in [-0.3, -0.25) is 4.98 Å². The van der Waals surface area contributed by atoms with Crippen LogP contribution in [0.3, 0.4) is 0 Å². The van der Waals surface area contributed by atoms with E-state index in [1.807, 2.05) is 30.3 Å². The second kappa shape index (κ2) is 9.28. The first-order valence-corrected chi connectivity index (χ1v) is 10.2. The number of pyridine rings is 1. The summed E-state index contributed by atoms with van der Waals surface area (Å²) in [5.74, 6) is 6.79. The van der Waals surface area contributed by atoms with Crippen molar-refractivity contribution in [2.45, 2.75) is 4.90 Å². The monoisotopic (exact) mass is 412 g/mol. The third-order valence-corrected chi connectivity index (χ3v) is 5.45. The lowest BCUT2D eigenvalue weighted by Gasteiger charge is -2.10. The van der Waals surface area contributed by atoms with Crippen LogP contribution < -0.4 is 18.9 Å². The number of rotatable bonds is 7. The lowest BCUT2D eigenvalue weighted by molar-refractivity contribution is 0.370. The van der Waals surface area contributed by atoms with Crippen LogP contribution in [0.4, 0.5) is 0 Å². The smallest absolute Gasteiger partial charge is 0.245 e. The SMILES string of the molecule is COc1ccc(OC)c(S(=O)(=O)NCC#CCOc2ccc3cccnc3c2)c1. The molecule has 1 aromatic heterocycles. The third-order valence-electron chi connectivity index (χ3n) is 4.02. The van der Waals surface area contributed by atoms with E-state index in [0.717, 1.165) is 10.9 Å². The molecule has 0 unspecified atom stereocenters. The van der Waals surface area contributed by atoms with Crippen LogP contribution in [-0.4, -0.2) is 40.8 Å². The van der Waals surface area contributed by atoms with E-state index in [2.05, 4.69) is 21.5 Å². The normalized spacial score (nSPS) is 10.8. The summed E-state index contributed by atoms with van der Waals surface area (Å²) < 4.78 is 43.2. The van der Waals surface area contributed by atoms with Crippen LogP contribution in [0.2, 0.25) is 0 Å². The van der Waals surface area contributed by atoms with Gasteiger partial charge in [0.15, 0.2) is 0 Å². The number of aromatic nitrogens is 1. The second-order valence-electron chi connectivity index (χ2n) is 5.84. The maximum Gasteiger partial charge on any atom is 0.245 e. The summed E-state index contributed by atoms with van der Waals surface area (Å²) in [5, 5.41) is 1.02. The molecule has 0 aliphatic carbocycles. The molecule has 0 aliphatic heterocycles. The van der Waals surface area contributed by atoms with E-state index in [0.29, 0.717) is 11.5 Å². The Kier molecular flexibility index (Phi) is 6.54. The number of hydrogen-bond acceptors (Lipinski definition) is 6. The first-order chi connectivity index (χ1) is 14.0. The molecule has 0 aliphatic rings. The van der Waals surface area contributed by atoms with Crippen molar-refractivity contribution in [2.24, 2.45) is 0 Å². The molecule has 29 heavy (non-hydrogen) atoms. The first-order valence-electron chi connectivity index (χ1n) is 8.68. The molecular formula is C21H20N2O5S. The fourth-order valence-corrected chi connectivity index (χ4v) is 3.68. The highest BCUT2D eigenvalue weighted by Crippen LogP contribution is 2.27. The number of methoxy groups -OCH3 is 2. The van der Waals surface area contributed by atoms with E-state index < -0.39 is 10.0 Å². The Labute approximate surface area is 169 Å². The molecule has 1 N–H and O–H groups in total. The number of sulfonamides is 1. The van der Waals surface area contributed by atoms with Crippen molar-refractivity contribution in [1.82, 2.24) is 9.71 Å². The van der Waals surface area contributed by atoms with Crippen LogP contribution in [0.5, 0.6) is 17.2 Å². The van der Waals surface area contributed by atoms with Crippen LogP contribution in [-0.2, 0) is 10.0 Å². The van der Waals surface area contributed by atoms with Gasteiger partial charge in [-0.25, -0.2) is 8.42 Å². The maximum absolute atomic E-state index is 12.5. The number of nitrogens with one attached hydrogen (secondary N) is 1. The molecule has 0 atom stereocenters. The molecule has 0 saturated carbocycles. The number of hydrogen-bond donors (Lipinski definition) is 1. The largest absolute Gasteiger partial charge is 0.497 e. The van der Waals surface area contributed by atoms with Crippen LogP contribution in [0.1, 0.15) is 0 Å². The van der Waals surface area contributed by atoms with Gasteiger partial charge < -0.3 is 14.2 Å². The average Bonchev–Trinajstić information content (AvgIpc) is 2.75. The van der Waals surface area contributed by atoms with Crippen molar-refractivity contribution >= 4 is 20.9 Å². The van der Waals surface area contributed by atoms with Crippen LogP contribution >= 0.6 is 0 Å². The van der Waals surface area contributed by atoms with E-state index in [9.17, 15) is 8.42 Å². The Morgan fingerprint density at radius 1 is 1.00 bits per heavy atom. The summed E-state index contributed by atoms with van der Waals surface area (Å²) in [6.07, 6.45) is 1.72. The summed E-state index contributed by atoms with van der Waals surface area (Å²) in [6.45, 7) is 0.0634. The van der Waals surface area contributed by atoms with Gasteiger partial charge in [0.25, 0.3) is 0 Å². The first kappa shape index (κ1) is 20.5. The zero-order valence-corrected chi connectivity index (χ0v) is 16.8. The van der Waals surface area contributed by atoms with Crippen molar-refractivity contribution in [2.75, 3.05) is 27.4 Å². The Balaban J connectivity index is 1.58. The number of ether oxygens (including phenoxy) is 3. The van der Waals surface area contributed by atoms with Gasteiger partial charge in [-0.05, 0) is 30.3 Å². The molecule has 1 heterocycles. The molecule has 150 valence electrons. The molecule has 0 saturated heterocycles. The highest BCUT2D eigenvalue weighted by atomic mass is 32.2. The molecule has 0 amide bonds. The Morgan fingerprint density at radius 3 is 2.62 bits per heavy atom. The van der Waals surface area contributed by atoms with Gasteiger partial charge in [-0.1, -0.05) is 17.9 Å². The van der Waals surface area contributed by atoms with Crippen LogP contribution in [0.15, 0.2) is 59.6 Å². The molecule has 0 fully saturated rings. The predicted octanol–water partition coefficient (Wildman–Crippen LogP) is 2.61. The zero-order valence-electron chi connectivity index (χ0n) is 16.0. The topological polar surface area (TPSA) is 86.8 Å². The molecule has 2 aromatic carbocycles. The third kappa shape index (κ3) is 5.16. The minimum absolute atomic E-state index is 0.0129. The van der Waals surface area contributed by atoms with E-state index >= 15 is 0 Å². The quantitative estimate of drug-likeness (QED) is 0.601. The van der Waals surface area contributed by atoms with E-state index in [-0.39, 0.29) is 23.8 Å². The Morgan fingerprint density at radius 2 is 1.83 bits per heavy atom. The van der Waals surface area contributed by atoms with Crippen molar-refractivity contribution < 1.29 is 22.6 Å². The molecule has 8 heteroatoms. The van der Waals surface area contributed by atoms with Gasteiger partial charge in [0.1, 0.15) is 28.8 Å². The van der Waals surface area contributed by atoms with Gasteiger partial charge >= 0.3 is 0 Å². The van der Waals surface area contributed by atoms with Gasteiger partial charge in [0.05, 0.1) is 26.3 Å². The molecular weight excluding hydrogens is 392 g/mol. The number of benzene rings is 2. The van der Waals surface area contributed by atoms with Crippen LogP contribution in [0, 0.1) is 11.8 Å². The van der Waals surface area contributed by atoms with Gasteiger partial charge in [-0.15, -0.1) is 0 Å². The standard InChI is InChI=1S/C21H20N2O5S/c1-26-17-9-10-20(27-2)21(15-17)29(24,25)23-12-3-4-13-28-18-8-7-16-6-5-11-22-19(16)14-18/h5-11,14-15,23H,12-13H2,1-2H3. The van der Waals surface area contributed by atoms with Crippen molar-refractivity contribution in [3.63, 3.8) is 0 Å². The summed E-state index contributed by atoms with van der Waals surface area (Å²) in [6, 6.07) is 14.0. The summed E-state index contributed by atoms with van der Waals surface area (Å²) in [4.78, 5) is 4.26. The highest BCUT2D eigenvalue weighted by Gasteiger charge is 2.19. The van der Waals surface area contributed by atoms with E-state index in [4.69, 9.17) is 14.2 Å². The van der Waals surface area contributed by atoms with Gasteiger partial charge in [0, 0.05) is 23.7 Å². The predicted molar refractivity (Wildman–Crippen MR) is 110 cm³/mol. The number of fused-ring (bicyclic) bond motifs is 1. The highest BCUT2D eigenvalue weighted by molar-refractivity contribution is 7.89. The van der Waals surface area contributed by atoms with Gasteiger partial charge in [0.2, 0.25) is 10.0 Å². The molecule has 0 spiro atoms. The summed E-state index contributed by atoms with van der Waals surface area (Å²) >= 11 is 0. The van der Waals surface area contributed by atoms with Gasteiger partial charge in [-0.2, -0.15) is 4.72 Å². The molecule has 7 nitrogen and oxygen atoms in total. The fourth-order valence-electron chi connectivity index (χ4n) is 2.57. The van der Waals surface area contributed by atoms with E-state index in [1.165, 1.54) is 26.4 Å². The minimum atomic E-state index is -3.81. The van der Waals surface area contributed by atoms with Crippen molar-refractivity contribution in [3.8, 4) is 29.1 Å². The minimum Gasteiger partial charge on any atom is -0.497 e. The lowest BCUT2D eigenvalue weighted by Crippen LogP contribution is -2.24. The fraction of sp³-hybridized carbons (Fsp3) is 0.190. The number of nitrogens with zero attached hydrogens (tertiary/aromatic N) is 1. The molecule has 3 rings (SSSR count). The van der Waals surface area contributed by atoms with E-state index in [1.54, 1.807) is 12.3 Å². The molecule has 0 bridgehead atoms. The molecule has 0 radical (unpaired) electrons. The average molecular weight is 412 g/mol. The maximum atomic E-state index is 12.5. The second-order valence-corrected chi connectivity index (χ2v) is 7.58. The van der Waals surface area contributed by atoms with Crippen molar-refractivity contribution in [1.29, 1.82) is 0 Å². The Bertz CT molecular complexity index is 1170.